The standard InChI is InChI=1S/C32H52N10O5S/c1-21(2)38-24(13-9-15-36-30(34)35)27(45)40-26(16-23-18-37-31(48)42(23)3)28(46)39-25(12-7-8-14-33)29(47)41-32(19-43,20-44)17-22-10-5-4-6-11-22/h4-6,10-11,18-19,21,24-26,38,44H,7-9,12-17,20,33H2,1-3H3,(H,37,48)(H,39,46)(H,40,45)(H,41,47)(H4,34,35,36)/t24?,25-,26-,32?/m0/s1. The minimum Gasteiger partial charge on any atom is -0.393 e. The molecule has 2 rings (SSSR count). The summed E-state index contributed by atoms with van der Waals surface area (Å²) >= 11 is 5.30. The number of amides is 3. The number of nitrogens with one attached hydrogen (secondary N) is 7. The Bertz CT molecular complexity index is 1400. The number of guanidine groups is 1. The fourth-order valence-corrected chi connectivity index (χ4v) is 5.33. The number of hydrogen-bond acceptors (Lipinski definition) is 9. The van der Waals surface area contributed by atoms with Crippen LogP contribution in [0.2, 0.25) is 0 Å². The second-order valence-corrected chi connectivity index (χ2v) is 12.6. The van der Waals surface area contributed by atoms with Crippen LogP contribution in [0.1, 0.15) is 57.2 Å². The van der Waals surface area contributed by atoms with E-state index in [2.05, 4.69) is 31.6 Å². The fourth-order valence-electron chi connectivity index (χ4n) is 5.15. The smallest absolute Gasteiger partial charge is 0.243 e. The van der Waals surface area contributed by atoms with E-state index in [-0.39, 0.29) is 31.3 Å². The molecule has 0 aliphatic carbocycles. The van der Waals surface area contributed by atoms with Crippen molar-refractivity contribution in [3.8, 4) is 0 Å². The van der Waals surface area contributed by atoms with Gasteiger partial charge >= 0.3 is 0 Å². The molecule has 1 aromatic carbocycles. The van der Waals surface area contributed by atoms with Crippen molar-refractivity contribution >= 4 is 42.2 Å². The molecule has 0 saturated carbocycles. The number of imidazole rings is 1. The van der Waals surface area contributed by atoms with Crippen LogP contribution in [0.25, 0.3) is 0 Å². The Hall–Kier alpha value is -4.12. The molecule has 0 aliphatic heterocycles. The van der Waals surface area contributed by atoms with E-state index in [0.717, 1.165) is 5.56 Å². The number of aromatic amines is 1. The second kappa shape index (κ2) is 20.3. The van der Waals surface area contributed by atoms with Gasteiger partial charge in [-0.05, 0) is 56.4 Å². The van der Waals surface area contributed by atoms with Crippen molar-refractivity contribution in [3.63, 3.8) is 0 Å². The van der Waals surface area contributed by atoms with Crippen molar-refractivity contribution in [3.05, 3.63) is 52.6 Å². The van der Waals surface area contributed by atoms with Gasteiger partial charge in [-0.3, -0.25) is 19.8 Å². The van der Waals surface area contributed by atoms with Gasteiger partial charge in [0.2, 0.25) is 17.7 Å². The van der Waals surface area contributed by atoms with Gasteiger partial charge in [0, 0.05) is 44.4 Å². The molecule has 0 fully saturated rings. The van der Waals surface area contributed by atoms with E-state index in [1.54, 1.807) is 42.1 Å². The zero-order valence-electron chi connectivity index (χ0n) is 28.0. The molecular formula is C32H52N10O5S. The highest BCUT2D eigenvalue weighted by molar-refractivity contribution is 7.71. The van der Waals surface area contributed by atoms with Gasteiger partial charge in [0.1, 0.15) is 23.9 Å². The number of aliphatic hydroxyl groups excluding tert-OH is 1. The fraction of sp³-hybridized carbons (Fsp3) is 0.562. The molecule has 2 unspecified atom stereocenters. The maximum absolute atomic E-state index is 14.0. The molecule has 16 heteroatoms. The third-order valence-corrected chi connectivity index (χ3v) is 8.19. The Morgan fingerprint density at radius 2 is 1.69 bits per heavy atom. The quantitative estimate of drug-likeness (QED) is 0.0253. The van der Waals surface area contributed by atoms with Crippen molar-refractivity contribution in [1.29, 1.82) is 5.41 Å². The number of unbranched alkanes of at least 4 members (excludes halogenated alkanes) is 1. The van der Waals surface area contributed by atoms with Gasteiger partial charge in [0.15, 0.2) is 10.7 Å². The van der Waals surface area contributed by atoms with Gasteiger partial charge in [-0.1, -0.05) is 44.2 Å². The first-order valence-corrected chi connectivity index (χ1v) is 16.6. The largest absolute Gasteiger partial charge is 0.393 e. The average molecular weight is 689 g/mol. The minimum absolute atomic E-state index is 0.0430. The maximum atomic E-state index is 14.0. The van der Waals surface area contributed by atoms with Crippen LogP contribution in [-0.4, -0.2) is 94.0 Å². The Labute approximate surface area is 286 Å². The SMILES string of the molecule is CC(C)NC(CCCNC(=N)N)C(=O)N[C@@H](Cc1c[nH]c(=S)n1C)C(=O)N[C@@H](CCCCN)C(=O)NC(C=O)(CO)Cc1ccccc1. The summed E-state index contributed by atoms with van der Waals surface area (Å²) in [7, 11) is 1.74. The summed E-state index contributed by atoms with van der Waals surface area (Å²) in [6.45, 7) is 3.92. The van der Waals surface area contributed by atoms with Crippen LogP contribution < -0.4 is 38.1 Å². The maximum Gasteiger partial charge on any atom is 0.243 e. The van der Waals surface area contributed by atoms with Crippen LogP contribution in [0.15, 0.2) is 36.5 Å². The van der Waals surface area contributed by atoms with E-state index >= 15 is 0 Å². The summed E-state index contributed by atoms with van der Waals surface area (Å²) in [5.41, 5.74) is 10.8. The molecule has 0 radical (unpaired) electrons. The lowest BCUT2D eigenvalue weighted by Gasteiger charge is -2.31. The van der Waals surface area contributed by atoms with E-state index in [1.807, 2.05) is 19.9 Å². The number of rotatable bonds is 22. The molecule has 0 spiro atoms. The molecule has 15 nitrogen and oxygen atoms in total. The zero-order chi connectivity index (χ0) is 35.7. The highest BCUT2D eigenvalue weighted by atomic mass is 32.1. The van der Waals surface area contributed by atoms with Gasteiger partial charge in [0.05, 0.1) is 12.6 Å². The normalized spacial score (nSPS) is 14.3. The number of aromatic nitrogens is 2. The third-order valence-electron chi connectivity index (χ3n) is 7.80. The number of nitrogens with two attached hydrogens (primary N) is 2. The van der Waals surface area contributed by atoms with Gasteiger partial charge in [-0.15, -0.1) is 0 Å². The molecule has 48 heavy (non-hydrogen) atoms. The van der Waals surface area contributed by atoms with Crippen molar-refractivity contribution in [1.82, 2.24) is 36.1 Å². The lowest BCUT2D eigenvalue weighted by Crippen LogP contribution is -2.61. The summed E-state index contributed by atoms with van der Waals surface area (Å²) in [6, 6.07) is 6.05. The van der Waals surface area contributed by atoms with Gasteiger partial charge < -0.3 is 57.5 Å². The molecule has 0 bridgehead atoms. The Balaban J connectivity index is 2.34. The van der Waals surface area contributed by atoms with Crippen LogP contribution in [0.3, 0.4) is 0 Å². The van der Waals surface area contributed by atoms with Crippen molar-refractivity contribution in [2.75, 3.05) is 19.7 Å². The molecule has 1 aromatic heterocycles. The molecule has 1 heterocycles. The predicted molar refractivity (Wildman–Crippen MR) is 186 cm³/mol. The van der Waals surface area contributed by atoms with Crippen molar-refractivity contribution < 1.29 is 24.3 Å². The van der Waals surface area contributed by atoms with Crippen LogP contribution >= 0.6 is 12.2 Å². The highest BCUT2D eigenvalue weighted by Crippen LogP contribution is 2.14. The molecule has 266 valence electrons. The van der Waals surface area contributed by atoms with Crippen LogP contribution in [0.4, 0.5) is 0 Å². The summed E-state index contributed by atoms with van der Waals surface area (Å²) < 4.78 is 2.12. The first-order chi connectivity index (χ1) is 22.8. The third kappa shape index (κ3) is 13.2. The molecule has 4 atom stereocenters. The number of hydrogen-bond donors (Lipinski definition) is 10. The number of nitrogens with zero attached hydrogens (tertiary/aromatic N) is 1. The average Bonchev–Trinajstić information content (AvgIpc) is 3.37. The number of benzene rings is 1. The van der Waals surface area contributed by atoms with E-state index in [9.17, 15) is 24.3 Å². The van der Waals surface area contributed by atoms with E-state index in [4.69, 9.17) is 29.1 Å². The first kappa shape index (κ1) is 40.1. The van der Waals surface area contributed by atoms with E-state index < -0.39 is 48.0 Å². The Morgan fingerprint density at radius 1 is 1.04 bits per heavy atom. The van der Waals surface area contributed by atoms with Crippen LogP contribution in [0, 0.1) is 10.2 Å². The summed E-state index contributed by atoms with van der Waals surface area (Å²) in [4.78, 5) is 56.5. The van der Waals surface area contributed by atoms with Gasteiger partial charge in [0.25, 0.3) is 0 Å². The zero-order valence-corrected chi connectivity index (χ0v) is 28.8. The molecular weight excluding hydrogens is 636 g/mol. The highest BCUT2D eigenvalue weighted by Gasteiger charge is 2.35. The Morgan fingerprint density at radius 3 is 2.25 bits per heavy atom. The number of aldehydes is 1. The predicted octanol–water partition coefficient (Wildman–Crippen LogP) is -0.357. The number of carbonyl (C=O) groups excluding carboxylic acids is 4. The lowest BCUT2D eigenvalue weighted by atomic mass is 9.92. The summed E-state index contributed by atoms with van der Waals surface area (Å²) in [5.74, 6) is -1.86. The Kier molecular flexibility index (Phi) is 16.9. The van der Waals surface area contributed by atoms with Crippen molar-refractivity contribution in [2.24, 2.45) is 18.5 Å². The molecule has 2 aromatic rings. The minimum atomic E-state index is -1.62. The molecule has 12 N–H and O–H groups in total. The monoisotopic (exact) mass is 688 g/mol. The topological polar surface area (TPSA) is 245 Å². The van der Waals surface area contributed by atoms with Gasteiger partial charge in [-0.25, -0.2) is 0 Å². The summed E-state index contributed by atoms with van der Waals surface area (Å²) in [6.07, 6.45) is 4.47. The number of aliphatic hydroxyl groups is 1. The molecule has 3 amide bonds. The lowest BCUT2D eigenvalue weighted by molar-refractivity contribution is -0.134. The van der Waals surface area contributed by atoms with Crippen LogP contribution in [-0.2, 0) is 39.1 Å². The van der Waals surface area contributed by atoms with E-state index in [1.165, 1.54) is 0 Å². The summed E-state index contributed by atoms with van der Waals surface area (Å²) in [5, 5.41) is 31.9. The molecule has 0 saturated heterocycles. The molecule has 0 aliphatic rings. The first-order valence-electron chi connectivity index (χ1n) is 16.2. The second-order valence-electron chi connectivity index (χ2n) is 12.2. The van der Waals surface area contributed by atoms with E-state index in [0.29, 0.717) is 55.5 Å². The number of carbonyl (C=O) groups is 4. The van der Waals surface area contributed by atoms with Crippen LogP contribution in [0.5, 0.6) is 0 Å². The van der Waals surface area contributed by atoms with Crippen molar-refractivity contribution in [2.45, 2.75) is 88.5 Å². The number of H-pyrrole nitrogens is 1. The van der Waals surface area contributed by atoms with Gasteiger partial charge in [-0.2, -0.15) is 0 Å².